The molecule has 2 aromatic rings. The lowest BCUT2D eigenvalue weighted by Gasteiger charge is -2.12. The van der Waals surface area contributed by atoms with Crippen molar-refractivity contribution in [2.75, 3.05) is 5.32 Å². The molecule has 0 aliphatic heterocycles. The second-order valence-electron chi connectivity index (χ2n) is 5.32. The van der Waals surface area contributed by atoms with Gasteiger partial charge in [0.15, 0.2) is 0 Å². The molecule has 1 unspecified atom stereocenters. The maximum Gasteiger partial charge on any atom is 0.237 e. The van der Waals surface area contributed by atoms with Crippen LogP contribution in [0.15, 0.2) is 23.4 Å². The van der Waals surface area contributed by atoms with Crippen LogP contribution in [-0.2, 0) is 4.79 Å². The van der Waals surface area contributed by atoms with Crippen LogP contribution in [0.3, 0.4) is 0 Å². The highest BCUT2D eigenvalue weighted by atomic mass is 35.5. The molecule has 0 bridgehead atoms. The number of carbonyl (C=O) groups is 1. The second kappa shape index (κ2) is 7.15. The van der Waals surface area contributed by atoms with Crippen molar-refractivity contribution in [1.82, 2.24) is 15.2 Å². The summed E-state index contributed by atoms with van der Waals surface area (Å²) in [6.45, 7) is 7.77. The van der Waals surface area contributed by atoms with E-state index in [1.165, 1.54) is 11.8 Å². The molecule has 1 aromatic carbocycles. The van der Waals surface area contributed by atoms with E-state index in [-0.39, 0.29) is 17.1 Å². The first-order chi connectivity index (χ1) is 10.4. The molecule has 0 spiro atoms. The first kappa shape index (κ1) is 16.8. The Balaban J connectivity index is 2.01. The summed E-state index contributed by atoms with van der Waals surface area (Å²) in [5.74, 6) is 0.993. The Labute approximate surface area is 139 Å². The van der Waals surface area contributed by atoms with Crippen molar-refractivity contribution in [1.29, 1.82) is 0 Å². The van der Waals surface area contributed by atoms with Crippen molar-refractivity contribution in [3.05, 3.63) is 34.6 Å². The number of aromatic nitrogens is 3. The number of aromatic amines is 1. The number of anilines is 1. The number of hydrogen-bond donors (Lipinski definition) is 2. The van der Waals surface area contributed by atoms with Gasteiger partial charge in [-0.2, -0.15) is 0 Å². The third-order valence-electron chi connectivity index (χ3n) is 3.21. The number of hydrogen-bond acceptors (Lipinski definition) is 4. The maximum absolute atomic E-state index is 12.3. The van der Waals surface area contributed by atoms with E-state index in [2.05, 4.69) is 20.5 Å². The first-order valence-corrected chi connectivity index (χ1v) is 8.29. The van der Waals surface area contributed by atoms with Crippen LogP contribution in [0.2, 0.25) is 5.02 Å². The zero-order chi connectivity index (χ0) is 16.3. The average molecular weight is 339 g/mol. The van der Waals surface area contributed by atoms with Gasteiger partial charge in [0.25, 0.3) is 0 Å². The van der Waals surface area contributed by atoms with Gasteiger partial charge in [0, 0.05) is 16.6 Å². The predicted octanol–water partition coefficient (Wildman–Crippen LogP) is 4.01. The van der Waals surface area contributed by atoms with Gasteiger partial charge in [-0.05, 0) is 31.5 Å². The molecule has 5 nitrogen and oxygen atoms in total. The van der Waals surface area contributed by atoms with Gasteiger partial charge >= 0.3 is 0 Å². The number of halogens is 1. The van der Waals surface area contributed by atoms with Gasteiger partial charge in [-0.25, -0.2) is 4.98 Å². The molecule has 1 aromatic heterocycles. The predicted molar refractivity (Wildman–Crippen MR) is 90.6 cm³/mol. The minimum atomic E-state index is -0.311. The quantitative estimate of drug-likeness (QED) is 0.808. The molecule has 1 amide bonds. The minimum absolute atomic E-state index is 0.105. The highest BCUT2D eigenvalue weighted by Crippen LogP contribution is 2.25. The van der Waals surface area contributed by atoms with Crippen LogP contribution in [0, 0.1) is 6.92 Å². The van der Waals surface area contributed by atoms with Gasteiger partial charge in [0.05, 0.1) is 5.25 Å². The highest BCUT2D eigenvalue weighted by molar-refractivity contribution is 8.00. The molecule has 0 aliphatic carbocycles. The van der Waals surface area contributed by atoms with E-state index in [1.54, 1.807) is 6.07 Å². The van der Waals surface area contributed by atoms with E-state index >= 15 is 0 Å². The van der Waals surface area contributed by atoms with Crippen LogP contribution >= 0.6 is 23.4 Å². The normalized spacial score (nSPS) is 12.5. The Morgan fingerprint density at radius 3 is 2.73 bits per heavy atom. The summed E-state index contributed by atoms with van der Waals surface area (Å²) in [4.78, 5) is 16.6. The summed E-state index contributed by atoms with van der Waals surface area (Å²) >= 11 is 7.38. The van der Waals surface area contributed by atoms with Gasteiger partial charge in [0.1, 0.15) is 5.82 Å². The van der Waals surface area contributed by atoms with E-state index in [1.807, 2.05) is 39.8 Å². The lowest BCUT2D eigenvalue weighted by atomic mass is 10.2. The van der Waals surface area contributed by atoms with Crippen LogP contribution in [0.4, 0.5) is 5.69 Å². The van der Waals surface area contributed by atoms with Gasteiger partial charge in [0.2, 0.25) is 11.1 Å². The topological polar surface area (TPSA) is 70.7 Å². The Hall–Kier alpha value is -1.53. The number of amides is 1. The molecule has 2 rings (SSSR count). The van der Waals surface area contributed by atoms with Gasteiger partial charge in [-0.15, -0.1) is 5.10 Å². The second-order valence-corrected chi connectivity index (χ2v) is 7.03. The molecule has 7 heteroatoms. The van der Waals surface area contributed by atoms with Crippen LogP contribution in [0.1, 0.15) is 38.1 Å². The molecule has 2 N–H and O–H groups in total. The number of nitrogens with one attached hydrogen (secondary N) is 2. The molecule has 0 radical (unpaired) electrons. The average Bonchev–Trinajstić information content (AvgIpc) is 2.92. The lowest BCUT2D eigenvalue weighted by molar-refractivity contribution is -0.115. The Kier molecular flexibility index (Phi) is 5.47. The third-order valence-corrected chi connectivity index (χ3v) is 4.58. The number of benzene rings is 1. The minimum Gasteiger partial charge on any atom is -0.325 e. The van der Waals surface area contributed by atoms with E-state index in [9.17, 15) is 4.79 Å². The number of thioether (sulfide) groups is 1. The Morgan fingerprint density at radius 1 is 1.36 bits per heavy atom. The molecule has 0 saturated heterocycles. The van der Waals surface area contributed by atoms with Crippen molar-refractivity contribution in [3.63, 3.8) is 0 Å². The fraction of sp³-hybridized carbons (Fsp3) is 0.400. The number of carbonyl (C=O) groups excluding carboxylic acids is 1. The molecule has 0 aliphatic rings. The third kappa shape index (κ3) is 4.01. The summed E-state index contributed by atoms with van der Waals surface area (Å²) in [7, 11) is 0. The van der Waals surface area contributed by atoms with Crippen molar-refractivity contribution < 1.29 is 4.79 Å². The van der Waals surface area contributed by atoms with E-state index in [0.29, 0.717) is 10.2 Å². The van der Waals surface area contributed by atoms with Gasteiger partial charge in [-0.1, -0.05) is 43.3 Å². The number of rotatable bonds is 5. The lowest BCUT2D eigenvalue weighted by Crippen LogP contribution is -2.23. The zero-order valence-electron chi connectivity index (χ0n) is 13.0. The largest absolute Gasteiger partial charge is 0.325 e. The molecular formula is C15H19ClN4OS. The van der Waals surface area contributed by atoms with Crippen molar-refractivity contribution in [2.24, 2.45) is 0 Å². The van der Waals surface area contributed by atoms with Crippen molar-refractivity contribution >= 4 is 35.0 Å². The van der Waals surface area contributed by atoms with Crippen LogP contribution in [0.25, 0.3) is 0 Å². The molecule has 1 heterocycles. The van der Waals surface area contributed by atoms with Crippen LogP contribution < -0.4 is 5.32 Å². The van der Waals surface area contributed by atoms with Crippen molar-refractivity contribution in [2.45, 2.75) is 44.0 Å². The molecule has 118 valence electrons. The van der Waals surface area contributed by atoms with Crippen molar-refractivity contribution in [3.8, 4) is 0 Å². The van der Waals surface area contributed by atoms with Gasteiger partial charge in [-0.3, -0.25) is 9.89 Å². The van der Waals surface area contributed by atoms with Crippen LogP contribution in [-0.4, -0.2) is 26.3 Å². The van der Waals surface area contributed by atoms with Gasteiger partial charge < -0.3 is 5.32 Å². The molecule has 0 saturated carbocycles. The van der Waals surface area contributed by atoms with E-state index in [4.69, 9.17) is 11.6 Å². The van der Waals surface area contributed by atoms with Crippen LogP contribution in [0.5, 0.6) is 0 Å². The molecule has 22 heavy (non-hydrogen) atoms. The highest BCUT2D eigenvalue weighted by Gasteiger charge is 2.18. The smallest absolute Gasteiger partial charge is 0.237 e. The monoisotopic (exact) mass is 338 g/mol. The summed E-state index contributed by atoms with van der Waals surface area (Å²) < 4.78 is 0. The fourth-order valence-corrected chi connectivity index (χ4v) is 2.66. The molecule has 0 fully saturated rings. The SMILES string of the molecule is Cc1c(Cl)cccc1NC(=O)C(C)Sc1n[nH]c(C(C)C)n1. The Morgan fingerprint density at radius 2 is 2.09 bits per heavy atom. The molecular weight excluding hydrogens is 320 g/mol. The number of nitrogens with zero attached hydrogens (tertiary/aromatic N) is 2. The molecule has 1 atom stereocenters. The maximum atomic E-state index is 12.3. The Bertz CT molecular complexity index is 671. The fourth-order valence-electron chi connectivity index (χ4n) is 1.76. The summed E-state index contributed by atoms with van der Waals surface area (Å²) in [6, 6.07) is 5.44. The zero-order valence-corrected chi connectivity index (χ0v) is 14.5. The summed E-state index contributed by atoms with van der Waals surface area (Å²) in [5.41, 5.74) is 1.58. The van der Waals surface area contributed by atoms with E-state index in [0.717, 1.165) is 17.1 Å². The number of H-pyrrole nitrogens is 1. The first-order valence-electron chi connectivity index (χ1n) is 7.03. The van der Waals surface area contributed by atoms with E-state index < -0.39 is 0 Å². The summed E-state index contributed by atoms with van der Waals surface area (Å²) in [5, 5.41) is 10.8. The standard InChI is InChI=1S/C15H19ClN4OS/c1-8(2)13-18-15(20-19-13)22-10(4)14(21)17-12-7-5-6-11(16)9(12)3/h5-8,10H,1-4H3,(H,17,21)(H,18,19,20). The summed E-state index contributed by atoms with van der Waals surface area (Å²) in [6.07, 6.45) is 0.